The number of hydrazone groups is 1. The number of benzene rings is 3. The van der Waals surface area contributed by atoms with Crippen molar-refractivity contribution in [3.8, 4) is 0 Å². The average molecular weight is 472 g/mol. The molecule has 4 nitrogen and oxygen atoms in total. The maximum Gasteiger partial charge on any atom is 0.172 e. The van der Waals surface area contributed by atoms with E-state index < -0.39 is 0 Å². The normalized spacial score (nSPS) is 14.0. The minimum Gasteiger partial charge on any atom is -0.278 e. The first-order chi connectivity index (χ1) is 12.7. The van der Waals surface area contributed by atoms with Crippen molar-refractivity contribution in [3.63, 3.8) is 0 Å². The number of halogens is 2. The standard InChI is InChI=1S/C20H16Br2N4/c21-16-6-10-18(11-7-16)25-14-26(19-12-8-17(22)9-13-19)24-20(23-25)15-4-2-1-3-5-15/h1-13H,14H2,(H,23,24). The summed E-state index contributed by atoms with van der Waals surface area (Å²) in [5, 5.41) is 8.90. The van der Waals surface area contributed by atoms with Crippen molar-refractivity contribution < 1.29 is 0 Å². The average Bonchev–Trinajstić information content (AvgIpc) is 2.69. The van der Waals surface area contributed by atoms with E-state index in [2.05, 4.69) is 78.7 Å². The maximum absolute atomic E-state index is 4.82. The van der Waals surface area contributed by atoms with Crippen LogP contribution in [0.15, 0.2) is 92.9 Å². The summed E-state index contributed by atoms with van der Waals surface area (Å²) in [6.45, 7) is 0.597. The molecule has 0 aromatic heterocycles. The highest BCUT2D eigenvalue weighted by Gasteiger charge is 2.21. The molecule has 6 heteroatoms. The Morgan fingerprint density at radius 2 is 1.31 bits per heavy atom. The monoisotopic (exact) mass is 470 g/mol. The van der Waals surface area contributed by atoms with Crippen LogP contribution in [0, 0.1) is 0 Å². The van der Waals surface area contributed by atoms with Gasteiger partial charge in [0, 0.05) is 14.5 Å². The summed E-state index contributed by atoms with van der Waals surface area (Å²) in [4.78, 5) is 0. The van der Waals surface area contributed by atoms with Gasteiger partial charge in [0.15, 0.2) is 5.84 Å². The molecule has 26 heavy (non-hydrogen) atoms. The van der Waals surface area contributed by atoms with Gasteiger partial charge in [0.1, 0.15) is 6.67 Å². The summed E-state index contributed by atoms with van der Waals surface area (Å²) in [7, 11) is 0. The van der Waals surface area contributed by atoms with Crippen LogP contribution in [-0.4, -0.2) is 12.5 Å². The Bertz CT molecular complexity index is 909. The minimum atomic E-state index is 0.597. The lowest BCUT2D eigenvalue weighted by Crippen LogP contribution is -2.53. The highest BCUT2D eigenvalue weighted by molar-refractivity contribution is 9.10. The zero-order valence-electron chi connectivity index (χ0n) is 13.8. The van der Waals surface area contributed by atoms with Crippen LogP contribution in [0.5, 0.6) is 0 Å². The van der Waals surface area contributed by atoms with Gasteiger partial charge in [-0.05, 0) is 48.5 Å². The van der Waals surface area contributed by atoms with Crippen LogP contribution in [0.1, 0.15) is 5.56 Å². The van der Waals surface area contributed by atoms with Crippen LogP contribution in [0.2, 0.25) is 0 Å². The van der Waals surface area contributed by atoms with E-state index in [-0.39, 0.29) is 0 Å². The van der Waals surface area contributed by atoms with Crippen molar-refractivity contribution in [1.82, 2.24) is 5.43 Å². The molecule has 3 aromatic carbocycles. The van der Waals surface area contributed by atoms with E-state index in [1.165, 1.54) is 0 Å². The summed E-state index contributed by atoms with van der Waals surface area (Å²) in [6, 6.07) is 26.5. The molecule has 0 aliphatic carbocycles. The minimum absolute atomic E-state index is 0.597. The summed E-state index contributed by atoms with van der Waals surface area (Å²) in [5.41, 5.74) is 6.57. The number of hydrogen-bond acceptors (Lipinski definition) is 4. The number of nitrogens with zero attached hydrogens (tertiary/aromatic N) is 3. The molecule has 0 amide bonds. The summed E-state index contributed by atoms with van der Waals surface area (Å²) < 4.78 is 2.10. The van der Waals surface area contributed by atoms with Gasteiger partial charge in [-0.2, -0.15) is 5.10 Å². The van der Waals surface area contributed by atoms with Gasteiger partial charge in [-0.1, -0.05) is 62.2 Å². The van der Waals surface area contributed by atoms with Crippen LogP contribution in [0.3, 0.4) is 0 Å². The van der Waals surface area contributed by atoms with E-state index in [0.717, 1.165) is 31.7 Å². The summed E-state index contributed by atoms with van der Waals surface area (Å²) in [6.07, 6.45) is 0. The van der Waals surface area contributed by atoms with E-state index in [9.17, 15) is 0 Å². The fraction of sp³-hybridized carbons (Fsp3) is 0.0500. The fourth-order valence-corrected chi connectivity index (χ4v) is 3.24. The molecule has 130 valence electrons. The van der Waals surface area contributed by atoms with Crippen LogP contribution in [0.4, 0.5) is 11.4 Å². The van der Waals surface area contributed by atoms with Crippen molar-refractivity contribution >= 4 is 49.1 Å². The van der Waals surface area contributed by atoms with Gasteiger partial charge in [-0.15, -0.1) is 0 Å². The predicted octanol–water partition coefficient (Wildman–Crippen LogP) is 5.36. The second-order valence-electron chi connectivity index (χ2n) is 5.85. The number of amidine groups is 1. The Kier molecular flexibility index (Phi) is 4.95. The van der Waals surface area contributed by atoms with Crippen LogP contribution in [0.25, 0.3) is 0 Å². The molecule has 1 N–H and O–H groups in total. The van der Waals surface area contributed by atoms with E-state index in [1.54, 1.807) is 0 Å². The second kappa shape index (κ2) is 7.51. The molecule has 0 atom stereocenters. The third-order valence-corrected chi connectivity index (χ3v) is 5.10. The smallest absolute Gasteiger partial charge is 0.172 e. The van der Waals surface area contributed by atoms with Crippen molar-refractivity contribution in [2.75, 3.05) is 16.7 Å². The number of nitrogens with one attached hydrogen (secondary N) is 1. The van der Waals surface area contributed by atoms with Gasteiger partial charge in [0.05, 0.1) is 11.4 Å². The van der Waals surface area contributed by atoms with Crippen molar-refractivity contribution in [1.29, 1.82) is 0 Å². The van der Waals surface area contributed by atoms with E-state index >= 15 is 0 Å². The molecule has 0 bridgehead atoms. The molecule has 0 saturated heterocycles. The summed E-state index contributed by atoms with van der Waals surface area (Å²) >= 11 is 6.99. The Labute approximate surface area is 169 Å². The molecule has 0 unspecified atom stereocenters. The predicted molar refractivity (Wildman–Crippen MR) is 114 cm³/mol. The first-order valence-electron chi connectivity index (χ1n) is 8.16. The van der Waals surface area contributed by atoms with Crippen LogP contribution < -0.4 is 15.4 Å². The van der Waals surface area contributed by atoms with E-state index in [0.29, 0.717) is 6.67 Å². The molecule has 1 aliphatic heterocycles. The number of hydrogen-bond donors (Lipinski definition) is 1. The quantitative estimate of drug-likeness (QED) is 0.557. The van der Waals surface area contributed by atoms with Gasteiger partial charge < -0.3 is 0 Å². The second-order valence-corrected chi connectivity index (χ2v) is 7.68. The van der Waals surface area contributed by atoms with Crippen LogP contribution in [-0.2, 0) is 0 Å². The Morgan fingerprint density at radius 3 is 1.92 bits per heavy atom. The number of anilines is 2. The lowest BCUT2D eigenvalue weighted by Gasteiger charge is -2.36. The molecule has 1 heterocycles. The molecule has 4 rings (SSSR count). The topological polar surface area (TPSA) is 30.9 Å². The highest BCUT2D eigenvalue weighted by atomic mass is 79.9. The lowest BCUT2D eigenvalue weighted by molar-refractivity contribution is 0.679. The zero-order valence-corrected chi connectivity index (χ0v) is 17.0. The first-order valence-corrected chi connectivity index (χ1v) is 9.74. The summed E-state index contributed by atoms with van der Waals surface area (Å²) in [5.74, 6) is 0.808. The molecule has 0 fully saturated rings. The third kappa shape index (κ3) is 3.76. The van der Waals surface area contributed by atoms with Gasteiger partial charge in [-0.3, -0.25) is 10.4 Å². The lowest BCUT2D eigenvalue weighted by atomic mass is 10.2. The van der Waals surface area contributed by atoms with Crippen molar-refractivity contribution in [3.05, 3.63) is 93.4 Å². The van der Waals surface area contributed by atoms with Crippen molar-refractivity contribution in [2.45, 2.75) is 0 Å². The van der Waals surface area contributed by atoms with Crippen molar-refractivity contribution in [2.24, 2.45) is 5.10 Å². The molecule has 3 aromatic rings. The molecule has 1 aliphatic rings. The molecular weight excluding hydrogens is 456 g/mol. The van der Waals surface area contributed by atoms with Gasteiger partial charge in [0.25, 0.3) is 0 Å². The maximum atomic E-state index is 4.82. The molecule has 0 radical (unpaired) electrons. The zero-order chi connectivity index (χ0) is 17.9. The SMILES string of the molecule is Brc1ccc(N2CN(c3ccc(Br)cc3)NC(c3ccccc3)=N2)cc1. The largest absolute Gasteiger partial charge is 0.278 e. The van der Waals surface area contributed by atoms with Gasteiger partial charge in [0.2, 0.25) is 0 Å². The Hall–Kier alpha value is -2.31. The molecule has 0 spiro atoms. The molecule has 0 saturated carbocycles. The fourth-order valence-electron chi connectivity index (χ4n) is 2.71. The van der Waals surface area contributed by atoms with Gasteiger partial charge in [-0.25, -0.2) is 5.01 Å². The number of rotatable bonds is 3. The Balaban J connectivity index is 1.72. The van der Waals surface area contributed by atoms with E-state index in [4.69, 9.17) is 5.10 Å². The van der Waals surface area contributed by atoms with E-state index in [1.807, 2.05) is 47.5 Å². The van der Waals surface area contributed by atoms with Gasteiger partial charge >= 0.3 is 0 Å². The van der Waals surface area contributed by atoms with Crippen LogP contribution >= 0.6 is 31.9 Å². The Morgan fingerprint density at radius 1 is 0.731 bits per heavy atom. The highest BCUT2D eigenvalue weighted by Crippen LogP contribution is 2.24. The number of hydrazine groups is 1. The first kappa shape index (κ1) is 17.1. The molecular formula is C20H16Br2N4. The third-order valence-electron chi connectivity index (χ3n) is 4.05.